The third-order valence-corrected chi connectivity index (χ3v) is 5.39. The van der Waals surface area contributed by atoms with Crippen molar-refractivity contribution in [3.63, 3.8) is 0 Å². The van der Waals surface area contributed by atoms with Crippen LogP contribution < -0.4 is 0 Å². The lowest BCUT2D eigenvalue weighted by Crippen LogP contribution is -2.15. The van der Waals surface area contributed by atoms with E-state index in [0.717, 1.165) is 11.1 Å². The maximum Gasteiger partial charge on any atom is 0.296 e. The number of rotatable bonds is 5. The van der Waals surface area contributed by atoms with Gasteiger partial charge in [-0.1, -0.05) is 29.8 Å². The molecule has 0 spiro atoms. The summed E-state index contributed by atoms with van der Waals surface area (Å²) >= 11 is 0. The van der Waals surface area contributed by atoms with Crippen molar-refractivity contribution >= 4 is 10.1 Å². The Hall–Kier alpha value is -1.76. The molecule has 0 amide bonds. The normalized spacial score (nSPS) is 21.1. The van der Waals surface area contributed by atoms with Gasteiger partial charge in [0.2, 0.25) is 0 Å². The van der Waals surface area contributed by atoms with Crippen molar-refractivity contribution in [2.75, 3.05) is 13.2 Å². The minimum absolute atomic E-state index is 0.0136. The molecule has 0 N–H and O–H groups in total. The van der Waals surface area contributed by atoms with Gasteiger partial charge in [0.15, 0.2) is 0 Å². The average molecular weight is 350 g/mol. The highest BCUT2D eigenvalue weighted by Gasteiger charge is 2.28. The third-order valence-electron chi connectivity index (χ3n) is 4.09. The summed E-state index contributed by atoms with van der Waals surface area (Å²) in [5, 5.41) is 0. The van der Waals surface area contributed by atoms with Gasteiger partial charge in [0.05, 0.1) is 24.2 Å². The minimum atomic E-state index is -3.76. The molecular weight excluding hydrogens is 331 g/mol. The standard InChI is InChI=1S/C18H19FO4S/c1-13-2-8-17(9-3-13)24(20,21)23-12-14-10-18(22-11-14)15-4-6-16(19)7-5-15/h2-9,14,18H,10-12H2,1H3/t14-,18-/m1/s1. The summed E-state index contributed by atoms with van der Waals surface area (Å²) in [4.78, 5) is 0.155. The van der Waals surface area contributed by atoms with Gasteiger partial charge in [-0.05, 0) is 43.2 Å². The maximum absolute atomic E-state index is 13.0. The summed E-state index contributed by atoms with van der Waals surface area (Å²) in [6, 6.07) is 12.7. The Labute approximate surface area is 141 Å². The van der Waals surface area contributed by atoms with Crippen LogP contribution in [0.15, 0.2) is 53.4 Å². The quantitative estimate of drug-likeness (QED) is 0.773. The maximum atomic E-state index is 13.0. The fourth-order valence-electron chi connectivity index (χ4n) is 2.68. The van der Waals surface area contributed by atoms with E-state index in [1.807, 2.05) is 6.92 Å². The first-order valence-electron chi connectivity index (χ1n) is 7.77. The van der Waals surface area contributed by atoms with Gasteiger partial charge in [-0.3, -0.25) is 4.18 Å². The summed E-state index contributed by atoms with van der Waals surface area (Å²) in [6.45, 7) is 2.39. The molecule has 1 saturated heterocycles. The van der Waals surface area contributed by atoms with Crippen molar-refractivity contribution in [3.05, 3.63) is 65.5 Å². The molecule has 0 bridgehead atoms. The summed E-state index contributed by atoms with van der Waals surface area (Å²) in [5.74, 6) is -0.305. The first-order chi connectivity index (χ1) is 11.4. The lowest BCUT2D eigenvalue weighted by Gasteiger charge is -2.11. The van der Waals surface area contributed by atoms with E-state index in [2.05, 4.69) is 0 Å². The van der Waals surface area contributed by atoms with Crippen molar-refractivity contribution in [2.45, 2.75) is 24.3 Å². The fourth-order valence-corrected chi connectivity index (χ4v) is 3.65. The van der Waals surface area contributed by atoms with Crippen LogP contribution in [0.4, 0.5) is 4.39 Å². The highest BCUT2D eigenvalue weighted by molar-refractivity contribution is 7.86. The van der Waals surface area contributed by atoms with Crippen molar-refractivity contribution in [1.29, 1.82) is 0 Å². The number of hydrogen-bond acceptors (Lipinski definition) is 4. The second-order valence-electron chi connectivity index (χ2n) is 6.03. The van der Waals surface area contributed by atoms with Gasteiger partial charge in [-0.15, -0.1) is 0 Å². The van der Waals surface area contributed by atoms with Gasteiger partial charge in [-0.25, -0.2) is 4.39 Å². The molecule has 0 aliphatic carbocycles. The predicted molar refractivity (Wildman–Crippen MR) is 87.5 cm³/mol. The smallest absolute Gasteiger partial charge is 0.296 e. The SMILES string of the molecule is Cc1ccc(S(=O)(=O)OC[C@H]2CO[C@@H](c3ccc(F)cc3)C2)cc1. The largest absolute Gasteiger partial charge is 0.373 e. The lowest BCUT2D eigenvalue weighted by atomic mass is 10.0. The molecule has 128 valence electrons. The van der Waals surface area contributed by atoms with E-state index in [4.69, 9.17) is 8.92 Å². The summed E-state index contributed by atoms with van der Waals surface area (Å²) in [6.07, 6.45) is 0.496. The van der Waals surface area contributed by atoms with E-state index in [1.165, 1.54) is 24.3 Å². The Morgan fingerprint density at radius 1 is 1.12 bits per heavy atom. The molecule has 1 aliphatic heterocycles. The van der Waals surface area contributed by atoms with Gasteiger partial charge in [-0.2, -0.15) is 8.42 Å². The first-order valence-corrected chi connectivity index (χ1v) is 9.18. The third kappa shape index (κ3) is 4.01. The van der Waals surface area contributed by atoms with Crippen LogP contribution in [-0.2, 0) is 19.0 Å². The number of aryl methyl sites for hydroxylation is 1. The highest BCUT2D eigenvalue weighted by atomic mass is 32.2. The predicted octanol–water partition coefficient (Wildman–Crippen LogP) is 3.62. The molecule has 2 atom stereocenters. The van der Waals surface area contributed by atoms with E-state index in [-0.39, 0.29) is 29.3 Å². The van der Waals surface area contributed by atoms with Crippen LogP contribution in [0.5, 0.6) is 0 Å². The zero-order chi connectivity index (χ0) is 17.2. The van der Waals surface area contributed by atoms with Gasteiger partial charge in [0, 0.05) is 5.92 Å². The Morgan fingerprint density at radius 3 is 2.46 bits per heavy atom. The number of ether oxygens (including phenoxy) is 1. The second kappa shape index (κ2) is 7.01. The van der Waals surface area contributed by atoms with Crippen LogP contribution in [0.2, 0.25) is 0 Å². The number of benzene rings is 2. The molecule has 1 heterocycles. The molecule has 3 rings (SSSR count). The Kier molecular flexibility index (Phi) is 4.99. The van der Waals surface area contributed by atoms with Crippen LogP contribution in [0.1, 0.15) is 23.7 Å². The van der Waals surface area contributed by atoms with Crippen LogP contribution in [0.3, 0.4) is 0 Å². The number of hydrogen-bond donors (Lipinski definition) is 0. The first kappa shape index (κ1) is 17.1. The van der Waals surface area contributed by atoms with Crippen molar-refractivity contribution < 1.29 is 21.7 Å². The van der Waals surface area contributed by atoms with E-state index in [9.17, 15) is 12.8 Å². The van der Waals surface area contributed by atoms with Crippen LogP contribution in [0.25, 0.3) is 0 Å². The van der Waals surface area contributed by atoms with Gasteiger partial charge in [0.25, 0.3) is 10.1 Å². The van der Waals surface area contributed by atoms with Crippen molar-refractivity contribution in [2.24, 2.45) is 5.92 Å². The summed E-state index contributed by atoms with van der Waals surface area (Å²) in [7, 11) is -3.76. The average Bonchev–Trinajstić information content (AvgIpc) is 3.03. The minimum Gasteiger partial charge on any atom is -0.373 e. The molecule has 0 unspecified atom stereocenters. The van der Waals surface area contributed by atoms with E-state index < -0.39 is 10.1 Å². The van der Waals surface area contributed by atoms with Crippen LogP contribution in [0, 0.1) is 18.7 Å². The molecule has 1 fully saturated rings. The van der Waals surface area contributed by atoms with Crippen LogP contribution >= 0.6 is 0 Å². The van der Waals surface area contributed by atoms with E-state index in [1.54, 1.807) is 24.3 Å². The molecule has 1 aliphatic rings. The Bertz CT molecular complexity index is 785. The molecule has 0 aromatic heterocycles. The Morgan fingerprint density at radius 2 is 1.79 bits per heavy atom. The zero-order valence-electron chi connectivity index (χ0n) is 13.3. The summed E-state index contributed by atoms with van der Waals surface area (Å²) < 4.78 is 48.2. The molecule has 0 saturated carbocycles. The van der Waals surface area contributed by atoms with Gasteiger partial charge >= 0.3 is 0 Å². The van der Waals surface area contributed by atoms with Gasteiger partial charge in [0.1, 0.15) is 5.82 Å². The summed E-state index contributed by atoms with van der Waals surface area (Å²) in [5.41, 5.74) is 1.88. The molecule has 4 nitrogen and oxygen atoms in total. The number of halogens is 1. The van der Waals surface area contributed by atoms with Gasteiger partial charge < -0.3 is 4.74 Å². The topological polar surface area (TPSA) is 52.6 Å². The monoisotopic (exact) mass is 350 g/mol. The molecule has 24 heavy (non-hydrogen) atoms. The van der Waals surface area contributed by atoms with Crippen LogP contribution in [-0.4, -0.2) is 21.6 Å². The lowest BCUT2D eigenvalue weighted by molar-refractivity contribution is 0.103. The zero-order valence-corrected chi connectivity index (χ0v) is 14.1. The Balaban J connectivity index is 1.57. The molecular formula is C18H19FO4S. The molecule has 2 aromatic rings. The highest BCUT2D eigenvalue weighted by Crippen LogP contribution is 2.33. The fraction of sp³-hybridized carbons (Fsp3) is 0.333. The second-order valence-corrected chi connectivity index (χ2v) is 7.64. The molecule has 6 heteroatoms. The van der Waals surface area contributed by atoms with Crippen molar-refractivity contribution in [1.82, 2.24) is 0 Å². The molecule has 2 aromatic carbocycles. The van der Waals surface area contributed by atoms with E-state index in [0.29, 0.717) is 13.0 Å². The molecule has 0 radical (unpaired) electrons. The van der Waals surface area contributed by atoms with E-state index >= 15 is 0 Å². The van der Waals surface area contributed by atoms with Crippen molar-refractivity contribution in [3.8, 4) is 0 Å².